The van der Waals surface area contributed by atoms with Gasteiger partial charge in [-0.2, -0.15) is 0 Å². The fraction of sp³-hybridized carbons (Fsp3) is 0.917. The number of piperidine rings is 1. The lowest BCUT2D eigenvalue weighted by molar-refractivity contribution is -0.132. The van der Waals surface area contributed by atoms with Crippen LogP contribution in [0, 0.1) is 5.92 Å². The van der Waals surface area contributed by atoms with Crippen LogP contribution in [0.15, 0.2) is 0 Å². The maximum atomic E-state index is 11.7. The van der Waals surface area contributed by atoms with Crippen LogP contribution >= 0.6 is 0 Å². The van der Waals surface area contributed by atoms with Crippen LogP contribution in [0.5, 0.6) is 0 Å². The molecular weight excluding hydrogens is 206 g/mol. The third-order valence-electron chi connectivity index (χ3n) is 3.50. The van der Waals surface area contributed by atoms with Crippen LogP contribution in [-0.2, 0) is 9.53 Å². The highest BCUT2D eigenvalue weighted by molar-refractivity contribution is 5.82. The minimum absolute atomic E-state index is 0.0163. The number of β-amino-alcohol motifs (C(OH)–C–C–N with tert-alkyl or cyclic N) is 1. The molecule has 0 aromatic heterocycles. The van der Waals surface area contributed by atoms with Gasteiger partial charge in [0.15, 0.2) is 0 Å². The summed E-state index contributed by atoms with van der Waals surface area (Å²) in [5.41, 5.74) is -0.586. The molecule has 2 saturated heterocycles. The summed E-state index contributed by atoms with van der Waals surface area (Å²) in [6, 6.07) is 0. The summed E-state index contributed by atoms with van der Waals surface area (Å²) in [6.45, 7) is 5.41. The molecule has 0 bridgehead atoms. The molecule has 2 aliphatic rings. The summed E-state index contributed by atoms with van der Waals surface area (Å²) in [5.74, 6) is 0.333. The molecule has 0 saturated carbocycles. The molecule has 2 atom stereocenters. The lowest BCUT2D eigenvalue weighted by Crippen LogP contribution is -2.49. The maximum Gasteiger partial charge on any atom is 0.141 e. The molecule has 0 spiro atoms. The number of nitrogens with zero attached hydrogens (tertiary/aromatic N) is 1. The van der Waals surface area contributed by atoms with Gasteiger partial charge in [-0.1, -0.05) is 0 Å². The van der Waals surface area contributed by atoms with E-state index in [1.54, 1.807) is 0 Å². The summed E-state index contributed by atoms with van der Waals surface area (Å²) in [5, 5.41) is 9.98. The molecule has 4 heteroatoms. The monoisotopic (exact) mass is 227 g/mol. The van der Waals surface area contributed by atoms with Gasteiger partial charge < -0.3 is 9.84 Å². The van der Waals surface area contributed by atoms with E-state index in [9.17, 15) is 9.90 Å². The maximum absolute atomic E-state index is 11.7. The largest absolute Gasteiger partial charge is 0.389 e. The van der Waals surface area contributed by atoms with Gasteiger partial charge in [0.25, 0.3) is 0 Å². The quantitative estimate of drug-likeness (QED) is 0.743. The zero-order valence-electron chi connectivity index (χ0n) is 9.95. The highest BCUT2D eigenvalue weighted by atomic mass is 16.5. The molecule has 0 aliphatic carbocycles. The summed E-state index contributed by atoms with van der Waals surface area (Å²) < 4.78 is 5.34. The van der Waals surface area contributed by atoms with E-state index in [0.717, 1.165) is 25.9 Å². The van der Waals surface area contributed by atoms with Gasteiger partial charge in [0, 0.05) is 19.5 Å². The van der Waals surface area contributed by atoms with Crippen LogP contribution in [0.3, 0.4) is 0 Å². The number of aliphatic hydroxyl groups is 1. The van der Waals surface area contributed by atoms with Crippen molar-refractivity contribution in [2.75, 3.05) is 32.8 Å². The zero-order chi connectivity index (χ0) is 11.6. The summed E-state index contributed by atoms with van der Waals surface area (Å²) in [4.78, 5) is 13.9. The van der Waals surface area contributed by atoms with Gasteiger partial charge in [-0.3, -0.25) is 9.69 Å². The van der Waals surface area contributed by atoms with E-state index < -0.39 is 5.60 Å². The normalized spacial score (nSPS) is 37.6. The Balaban J connectivity index is 1.86. The third-order valence-corrected chi connectivity index (χ3v) is 3.50. The van der Waals surface area contributed by atoms with E-state index in [4.69, 9.17) is 4.74 Å². The second kappa shape index (κ2) is 4.82. The molecule has 2 unspecified atom stereocenters. The molecule has 92 valence electrons. The van der Waals surface area contributed by atoms with Crippen LogP contribution in [0.4, 0.5) is 0 Å². The molecule has 0 aromatic carbocycles. The van der Waals surface area contributed by atoms with Gasteiger partial charge in [0.2, 0.25) is 0 Å². The second-order valence-electron chi connectivity index (χ2n) is 5.32. The highest BCUT2D eigenvalue weighted by Gasteiger charge is 2.31. The Labute approximate surface area is 96.6 Å². The summed E-state index contributed by atoms with van der Waals surface area (Å²) in [7, 11) is 0. The van der Waals surface area contributed by atoms with E-state index in [1.165, 1.54) is 0 Å². The van der Waals surface area contributed by atoms with Crippen LogP contribution in [0.25, 0.3) is 0 Å². The van der Waals surface area contributed by atoms with Gasteiger partial charge in [0.1, 0.15) is 5.78 Å². The predicted molar refractivity (Wildman–Crippen MR) is 60.2 cm³/mol. The highest BCUT2D eigenvalue weighted by Crippen LogP contribution is 2.22. The smallest absolute Gasteiger partial charge is 0.141 e. The number of rotatable bonds is 2. The van der Waals surface area contributed by atoms with Gasteiger partial charge >= 0.3 is 0 Å². The van der Waals surface area contributed by atoms with Gasteiger partial charge in [-0.05, 0) is 26.3 Å². The first-order chi connectivity index (χ1) is 7.57. The van der Waals surface area contributed by atoms with Crippen molar-refractivity contribution in [3.05, 3.63) is 0 Å². The first-order valence-electron chi connectivity index (χ1n) is 6.12. The molecule has 1 N–H and O–H groups in total. The van der Waals surface area contributed by atoms with E-state index in [1.807, 2.05) is 6.92 Å². The number of ketones is 1. The van der Waals surface area contributed by atoms with Crippen molar-refractivity contribution in [2.45, 2.75) is 31.8 Å². The fourth-order valence-electron chi connectivity index (χ4n) is 2.64. The SMILES string of the molecule is CC1(O)CCCN(CC2COCCC2=O)C1. The topological polar surface area (TPSA) is 49.8 Å². The Morgan fingerprint density at radius 1 is 1.62 bits per heavy atom. The molecule has 4 nitrogen and oxygen atoms in total. The van der Waals surface area contributed by atoms with Crippen molar-refractivity contribution in [3.63, 3.8) is 0 Å². The molecule has 0 radical (unpaired) electrons. The lowest BCUT2D eigenvalue weighted by atomic mass is 9.93. The van der Waals surface area contributed by atoms with Crippen LogP contribution < -0.4 is 0 Å². The standard InChI is InChI=1S/C12H21NO3/c1-12(15)4-2-5-13(9-12)7-10-8-16-6-3-11(10)14/h10,15H,2-9H2,1H3. The number of likely N-dealkylation sites (tertiary alicyclic amines) is 1. The average Bonchev–Trinajstić information content (AvgIpc) is 2.20. The Morgan fingerprint density at radius 3 is 3.12 bits per heavy atom. The van der Waals surface area contributed by atoms with Crippen molar-refractivity contribution in [1.82, 2.24) is 4.90 Å². The molecule has 2 heterocycles. The molecule has 16 heavy (non-hydrogen) atoms. The summed E-state index contributed by atoms with van der Waals surface area (Å²) >= 11 is 0. The Bertz CT molecular complexity index is 265. The second-order valence-corrected chi connectivity index (χ2v) is 5.32. The third kappa shape index (κ3) is 3.03. The van der Waals surface area contributed by atoms with Gasteiger partial charge in [-0.25, -0.2) is 0 Å². The lowest BCUT2D eigenvalue weighted by Gasteiger charge is -2.38. The first kappa shape index (κ1) is 12.0. The molecule has 2 aliphatic heterocycles. The number of Topliss-reactive ketones (excluding diaryl/α,β-unsaturated/α-hetero) is 1. The van der Waals surface area contributed by atoms with Crippen molar-refractivity contribution in [2.24, 2.45) is 5.92 Å². The van der Waals surface area contributed by atoms with E-state index in [0.29, 0.717) is 32.0 Å². The van der Waals surface area contributed by atoms with Gasteiger partial charge in [-0.15, -0.1) is 0 Å². The summed E-state index contributed by atoms with van der Waals surface area (Å²) in [6.07, 6.45) is 2.42. The van der Waals surface area contributed by atoms with Crippen molar-refractivity contribution in [3.8, 4) is 0 Å². The number of hydrogen-bond donors (Lipinski definition) is 1. The molecule has 2 fully saturated rings. The van der Waals surface area contributed by atoms with Crippen molar-refractivity contribution in [1.29, 1.82) is 0 Å². The minimum Gasteiger partial charge on any atom is -0.389 e. The van der Waals surface area contributed by atoms with Crippen molar-refractivity contribution >= 4 is 5.78 Å². The molecule has 0 amide bonds. The molecular formula is C12H21NO3. The Morgan fingerprint density at radius 2 is 2.44 bits per heavy atom. The Kier molecular flexibility index (Phi) is 3.62. The number of carbonyl (C=O) groups is 1. The predicted octanol–water partition coefficient (Wildman–Crippen LogP) is 0.439. The molecule has 0 aromatic rings. The first-order valence-corrected chi connectivity index (χ1v) is 6.12. The van der Waals surface area contributed by atoms with E-state index in [2.05, 4.69) is 4.90 Å². The fourth-order valence-corrected chi connectivity index (χ4v) is 2.64. The number of ether oxygens (including phenoxy) is 1. The minimum atomic E-state index is -0.586. The van der Waals surface area contributed by atoms with Crippen molar-refractivity contribution < 1.29 is 14.6 Å². The number of hydrogen-bond acceptors (Lipinski definition) is 4. The number of carbonyl (C=O) groups excluding carboxylic acids is 1. The average molecular weight is 227 g/mol. The van der Waals surface area contributed by atoms with E-state index in [-0.39, 0.29) is 5.92 Å². The Hall–Kier alpha value is -0.450. The van der Waals surface area contributed by atoms with Crippen LogP contribution in [0.1, 0.15) is 26.2 Å². The van der Waals surface area contributed by atoms with Crippen LogP contribution in [0.2, 0.25) is 0 Å². The van der Waals surface area contributed by atoms with Gasteiger partial charge in [0.05, 0.1) is 24.7 Å². The molecule has 2 rings (SSSR count). The van der Waals surface area contributed by atoms with E-state index >= 15 is 0 Å². The zero-order valence-corrected chi connectivity index (χ0v) is 9.95. The van der Waals surface area contributed by atoms with Crippen LogP contribution in [-0.4, -0.2) is 54.2 Å².